The molecule has 0 saturated carbocycles. The van der Waals surface area contributed by atoms with Gasteiger partial charge in [0.15, 0.2) is 0 Å². The highest BCUT2D eigenvalue weighted by Gasteiger charge is 2.17. The zero-order valence-corrected chi connectivity index (χ0v) is 8.57. The Bertz CT molecular complexity index is 402. The molecular weight excluding hydrogens is 213 g/mol. The third-order valence-electron chi connectivity index (χ3n) is 2.51. The Morgan fingerprint density at radius 2 is 2.38 bits per heavy atom. The average molecular weight is 225 g/mol. The second-order valence-electron chi connectivity index (χ2n) is 3.70. The molecule has 1 aromatic carbocycles. The second-order valence-corrected chi connectivity index (χ2v) is 3.70. The van der Waals surface area contributed by atoms with Gasteiger partial charge in [0.05, 0.1) is 23.9 Å². The lowest BCUT2D eigenvalue weighted by Gasteiger charge is -2.13. The molecule has 86 valence electrons. The minimum absolute atomic E-state index is 0.0503. The van der Waals surface area contributed by atoms with E-state index in [0.29, 0.717) is 18.9 Å². The smallest absolute Gasteiger partial charge is 0.335 e. The third-order valence-corrected chi connectivity index (χ3v) is 2.51. The molecule has 2 rings (SSSR count). The molecule has 0 amide bonds. The highest BCUT2D eigenvalue weighted by Crippen LogP contribution is 2.19. The van der Waals surface area contributed by atoms with Gasteiger partial charge in [-0.25, -0.2) is 9.18 Å². The van der Waals surface area contributed by atoms with E-state index >= 15 is 0 Å². The molecule has 4 nitrogen and oxygen atoms in total. The van der Waals surface area contributed by atoms with E-state index in [2.05, 4.69) is 5.32 Å². The van der Waals surface area contributed by atoms with Crippen LogP contribution < -0.4 is 5.32 Å². The fourth-order valence-corrected chi connectivity index (χ4v) is 1.63. The van der Waals surface area contributed by atoms with Crippen LogP contribution in [0.1, 0.15) is 16.8 Å². The van der Waals surface area contributed by atoms with Gasteiger partial charge in [0.1, 0.15) is 5.82 Å². The summed E-state index contributed by atoms with van der Waals surface area (Å²) in [7, 11) is 0. The summed E-state index contributed by atoms with van der Waals surface area (Å²) in [5.74, 6) is -1.68. The van der Waals surface area contributed by atoms with Gasteiger partial charge < -0.3 is 15.2 Å². The minimum Gasteiger partial charge on any atom is -0.478 e. The summed E-state index contributed by atoms with van der Waals surface area (Å²) in [4.78, 5) is 10.6. The van der Waals surface area contributed by atoms with Crippen LogP contribution in [0, 0.1) is 5.82 Å². The van der Waals surface area contributed by atoms with E-state index in [0.717, 1.165) is 12.5 Å². The van der Waals surface area contributed by atoms with Gasteiger partial charge >= 0.3 is 5.97 Å². The molecule has 1 aliphatic rings. The Labute approximate surface area is 92.0 Å². The molecule has 1 heterocycles. The maximum Gasteiger partial charge on any atom is 0.335 e. The zero-order valence-electron chi connectivity index (χ0n) is 8.57. The highest BCUT2D eigenvalue weighted by atomic mass is 19.1. The Hall–Kier alpha value is -1.62. The number of rotatable bonds is 3. The van der Waals surface area contributed by atoms with Crippen LogP contribution in [0.15, 0.2) is 18.2 Å². The number of carbonyl (C=O) groups is 1. The number of ether oxygens (including phenoxy) is 1. The molecule has 1 unspecified atom stereocenters. The van der Waals surface area contributed by atoms with E-state index in [9.17, 15) is 9.18 Å². The Kier molecular flexibility index (Phi) is 3.05. The van der Waals surface area contributed by atoms with Gasteiger partial charge in [-0.3, -0.25) is 0 Å². The number of aromatic carboxylic acids is 1. The van der Waals surface area contributed by atoms with Gasteiger partial charge in [0, 0.05) is 6.61 Å². The molecule has 2 N–H and O–H groups in total. The standard InChI is InChI=1S/C11H12FNO3/c12-9-5-7(11(14)15)1-2-10(9)13-8-3-4-16-6-8/h1-2,5,8,13H,3-4,6H2,(H,14,15). The van der Waals surface area contributed by atoms with Crippen molar-refractivity contribution < 1.29 is 19.0 Å². The second kappa shape index (κ2) is 4.49. The van der Waals surface area contributed by atoms with Crippen molar-refractivity contribution in [2.45, 2.75) is 12.5 Å². The Morgan fingerprint density at radius 3 is 2.94 bits per heavy atom. The first kappa shape index (κ1) is 10.9. The summed E-state index contributed by atoms with van der Waals surface area (Å²) in [5.41, 5.74) is 0.270. The maximum absolute atomic E-state index is 13.5. The number of hydrogen-bond acceptors (Lipinski definition) is 3. The van der Waals surface area contributed by atoms with Crippen LogP contribution in [-0.2, 0) is 4.74 Å². The monoisotopic (exact) mass is 225 g/mol. The zero-order chi connectivity index (χ0) is 11.5. The van der Waals surface area contributed by atoms with Crippen LogP contribution >= 0.6 is 0 Å². The molecule has 1 aliphatic heterocycles. The number of benzene rings is 1. The fraction of sp³-hybridized carbons (Fsp3) is 0.364. The largest absolute Gasteiger partial charge is 0.478 e. The van der Waals surface area contributed by atoms with E-state index in [1.165, 1.54) is 12.1 Å². The number of carboxylic acids is 1. The van der Waals surface area contributed by atoms with Gasteiger partial charge in [-0.15, -0.1) is 0 Å². The molecule has 1 saturated heterocycles. The number of hydrogen-bond donors (Lipinski definition) is 2. The quantitative estimate of drug-likeness (QED) is 0.822. The van der Waals surface area contributed by atoms with Crippen molar-refractivity contribution in [1.82, 2.24) is 0 Å². The SMILES string of the molecule is O=C(O)c1ccc(NC2CCOC2)c(F)c1. The molecule has 0 bridgehead atoms. The van der Waals surface area contributed by atoms with Crippen LogP contribution in [-0.4, -0.2) is 30.3 Å². The van der Waals surface area contributed by atoms with Crippen molar-refractivity contribution in [3.05, 3.63) is 29.6 Å². The summed E-state index contributed by atoms with van der Waals surface area (Å²) in [6.07, 6.45) is 0.833. The van der Waals surface area contributed by atoms with E-state index in [1.54, 1.807) is 0 Å². The molecule has 0 spiro atoms. The van der Waals surface area contributed by atoms with Crippen LogP contribution in [0.2, 0.25) is 0 Å². The molecule has 0 aliphatic carbocycles. The maximum atomic E-state index is 13.5. The van der Waals surface area contributed by atoms with Gasteiger partial charge in [-0.1, -0.05) is 0 Å². The lowest BCUT2D eigenvalue weighted by atomic mass is 10.1. The van der Waals surface area contributed by atoms with E-state index in [4.69, 9.17) is 9.84 Å². The van der Waals surface area contributed by atoms with Crippen molar-refractivity contribution >= 4 is 11.7 Å². The van der Waals surface area contributed by atoms with Crippen LogP contribution in [0.5, 0.6) is 0 Å². The normalized spacial score (nSPS) is 19.7. The lowest BCUT2D eigenvalue weighted by molar-refractivity contribution is 0.0696. The van der Waals surface area contributed by atoms with E-state index < -0.39 is 11.8 Å². The molecule has 0 aromatic heterocycles. The number of halogens is 1. The number of carboxylic acid groups (broad SMARTS) is 1. The molecule has 1 fully saturated rings. The highest BCUT2D eigenvalue weighted by molar-refractivity contribution is 5.88. The topological polar surface area (TPSA) is 58.6 Å². The van der Waals surface area contributed by atoms with Crippen molar-refractivity contribution in [2.24, 2.45) is 0 Å². The summed E-state index contributed by atoms with van der Waals surface area (Å²) in [5, 5.41) is 11.7. The summed E-state index contributed by atoms with van der Waals surface area (Å²) in [6.45, 7) is 1.23. The lowest BCUT2D eigenvalue weighted by Crippen LogP contribution is -2.19. The Balaban J connectivity index is 2.12. The number of nitrogens with one attached hydrogen (secondary N) is 1. The minimum atomic E-state index is -1.13. The van der Waals surface area contributed by atoms with Gasteiger partial charge in [0.2, 0.25) is 0 Å². The summed E-state index contributed by atoms with van der Waals surface area (Å²) in [6, 6.07) is 3.94. The molecule has 16 heavy (non-hydrogen) atoms. The van der Waals surface area contributed by atoms with Crippen molar-refractivity contribution in [1.29, 1.82) is 0 Å². The van der Waals surface area contributed by atoms with Crippen LogP contribution in [0.25, 0.3) is 0 Å². The first-order valence-corrected chi connectivity index (χ1v) is 5.04. The Morgan fingerprint density at radius 1 is 1.56 bits per heavy atom. The first-order chi connectivity index (χ1) is 7.66. The van der Waals surface area contributed by atoms with E-state index in [-0.39, 0.29) is 11.6 Å². The van der Waals surface area contributed by atoms with Crippen LogP contribution in [0.3, 0.4) is 0 Å². The molecular formula is C11H12FNO3. The molecule has 0 radical (unpaired) electrons. The van der Waals surface area contributed by atoms with Crippen molar-refractivity contribution in [3.63, 3.8) is 0 Å². The van der Waals surface area contributed by atoms with Gasteiger partial charge in [-0.05, 0) is 24.6 Å². The van der Waals surface area contributed by atoms with E-state index in [1.807, 2.05) is 0 Å². The number of anilines is 1. The van der Waals surface area contributed by atoms with Gasteiger partial charge in [0.25, 0.3) is 0 Å². The third kappa shape index (κ3) is 2.30. The van der Waals surface area contributed by atoms with Crippen molar-refractivity contribution in [3.8, 4) is 0 Å². The summed E-state index contributed by atoms with van der Waals surface area (Å²) >= 11 is 0. The van der Waals surface area contributed by atoms with Crippen LogP contribution in [0.4, 0.5) is 10.1 Å². The fourth-order valence-electron chi connectivity index (χ4n) is 1.63. The first-order valence-electron chi connectivity index (χ1n) is 5.04. The van der Waals surface area contributed by atoms with Gasteiger partial charge in [-0.2, -0.15) is 0 Å². The predicted octanol–water partition coefficient (Wildman–Crippen LogP) is 1.72. The molecule has 5 heteroatoms. The molecule has 1 atom stereocenters. The summed E-state index contributed by atoms with van der Waals surface area (Å²) < 4.78 is 18.6. The average Bonchev–Trinajstić information content (AvgIpc) is 2.73. The molecule has 1 aromatic rings. The predicted molar refractivity (Wildman–Crippen MR) is 56.2 cm³/mol. The van der Waals surface area contributed by atoms with Crippen molar-refractivity contribution in [2.75, 3.05) is 18.5 Å².